The van der Waals surface area contributed by atoms with E-state index in [1.165, 1.54) is 5.56 Å². The highest BCUT2D eigenvalue weighted by atomic mass is 16.5. The minimum Gasteiger partial charge on any atom is -0.508 e. The van der Waals surface area contributed by atoms with Crippen LogP contribution in [0.2, 0.25) is 0 Å². The van der Waals surface area contributed by atoms with E-state index in [2.05, 4.69) is 0 Å². The van der Waals surface area contributed by atoms with Crippen LogP contribution in [-0.2, 0) is 10.3 Å². The Bertz CT molecular complexity index is 773. The molecule has 2 saturated heterocycles. The lowest BCUT2D eigenvalue weighted by Crippen LogP contribution is -2.46. The average molecular weight is 353 g/mol. The maximum absolute atomic E-state index is 12.7. The first kappa shape index (κ1) is 17.1. The molecule has 0 radical (unpaired) electrons. The van der Waals surface area contributed by atoms with Crippen molar-refractivity contribution in [1.82, 2.24) is 4.90 Å². The zero-order valence-corrected chi connectivity index (χ0v) is 14.6. The second kappa shape index (κ2) is 6.74. The zero-order chi connectivity index (χ0) is 18.1. The highest BCUT2D eigenvalue weighted by Crippen LogP contribution is 2.31. The number of ether oxygens (including phenoxy) is 1. The summed E-state index contributed by atoms with van der Waals surface area (Å²) in [6.45, 7) is 2.07. The van der Waals surface area contributed by atoms with Gasteiger partial charge >= 0.3 is 0 Å². The molecule has 0 atom stereocenters. The van der Waals surface area contributed by atoms with Crippen LogP contribution in [0.3, 0.4) is 0 Å². The molecule has 0 aromatic heterocycles. The Balaban J connectivity index is 1.38. The highest BCUT2D eigenvalue weighted by Gasteiger charge is 2.38. The van der Waals surface area contributed by atoms with E-state index >= 15 is 0 Å². The second-order valence-corrected chi connectivity index (χ2v) is 7.26. The third-order valence-electron chi connectivity index (χ3n) is 5.50. The summed E-state index contributed by atoms with van der Waals surface area (Å²) in [5.41, 5.74) is 1.77. The number of carbonyl (C=O) groups excluding carboxylic acids is 1. The predicted molar refractivity (Wildman–Crippen MR) is 97.1 cm³/mol. The number of likely N-dealkylation sites (tertiary alicyclic amines) is 1. The largest absolute Gasteiger partial charge is 0.508 e. The molecular weight excluding hydrogens is 330 g/mol. The molecule has 136 valence electrons. The Morgan fingerprint density at radius 2 is 1.62 bits per heavy atom. The van der Waals surface area contributed by atoms with Crippen molar-refractivity contribution in [3.63, 3.8) is 0 Å². The Hall–Kier alpha value is -2.37. The molecule has 2 fully saturated rings. The van der Waals surface area contributed by atoms with Crippen LogP contribution in [0.15, 0.2) is 48.5 Å². The lowest BCUT2D eigenvalue weighted by Gasteiger charge is -2.37. The fourth-order valence-corrected chi connectivity index (χ4v) is 3.73. The number of phenolic OH excluding ortho intramolecular Hbond substituents is 1. The SMILES string of the molecule is O=C(c1ccc(C2(O)COC2)cc1)N1CCC(c2ccc(O)cc2)CC1. The summed E-state index contributed by atoms with van der Waals surface area (Å²) in [5, 5.41) is 19.7. The van der Waals surface area contributed by atoms with Crippen molar-refractivity contribution in [2.24, 2.45) is 0 Å². The van der Waals surface area contributed by atoms with Crippen molar-refractivity contribution in [3.8, 4) is 5.75 Å². The van der Waals surface area contributed by atoms with Crippen molar-refractivity contribution in [2.75, 3.05) is 26.3 Å². The fourth-order valence-electron chi connectivity index (χ4n) is 3.73. The van der Waals surface area contributed by atoms with Gasteiger partial charge in [0.1, 0.15) is 11.4 Å². The lowest BCUT2D eigenvalue weighted by atomic mass is 9.89. The van der Waals surface area contributed by atoms with Gasteiger partial charge in [0, 0.05) is 18.7 Å². The molecule has 0 aliphatic carbocycles. The standard InChI is InChI=1S/C21H23NO4/c23-19-7-3-15(4-8-19)16-9-11-22(12-10-16)20(24)17-1-5-18(6-2-17)21(25)13-26-14-21/h1-8,16,23,25H,9-14H2. The number of piperidine rings is 1. The van der Waals surface area contributed by atoms with Gasteiger partial charge in [-0.1, -0.05) is 24.3 Å². The van der Waals surface area contributed by atoms with Gasteiger partial charge in [0.25, 0.3) is 5.91 Å². The van der Waals surface area contributed by atoms with E-state index < -0.39 is 5.60 Å². The summed E-state index contributed by atoms with van der Waals surface area (Å²) in [4.78, 5) is 14.6. The number of phenols is 1. The van der Waals surface area contributed by atoms with Crippen LogP contribution in [0.5, 0.6) is 5.75 Å². The van der Waals surface area contributed by atoms with Crippen LogP contribution >= 0.6 is 0 Å². The molecule has 26 heavy (non-hydrogen) atoms. The molecule has 5 nitrogen and oxygen atoms in total. The minimum atomic E-state index is -0.899. The molecule has 2 heterocycles. The van der Waals surface area contributed by atoms with Gasteiger partial charge in [-0.25, -0.2) is 0 Å². The molecule has 2 aromatic carbocycles. The molecule has 4 rings (SSSR count). The monoisotopic (exact) mass is 353 g/mol. The number of aliphatic hydroxyl groups is 1. The van der Waals surface area contributed by atoms with Gasteiger partial charge in [-0.15, -0.1) is 0 Å². The Labute approximate surface area is 152 Å². The van der Waals surface area contributed by atoms with Crippen molar-refractivity contribution in [2.45, 2.75) is 24.4 Å². The smallest absolute Gasteiger partial charge is 0.253 e. The summed E-state index contributed by atoms with van der Waals surface area (Å²) >= 11 is 0. The molecular formula is C21H23NO4. The van der Waals surface area contributed by atoms with Gasteiger partial charge in [0.2, 0.25) is 0 Å². The molecule has 5 heteroatoms. The Kier molecular flexibility index (Phi) is 4.42. The number of benzene rings is 2. The predicted octanol–water partition coefficient (Wildman–Crippen LogP) is 2.63. The molecule has 0 unspecified atom stereocenters. The van der Waals surface area contributed by atoms with Crippen LogP contribution in [0.4, 0.5) is 0 Å². The van der Waals surface area contributed by atoms with Crippen LogP contribution in [0.25, 0.3) is 0 Å². The molecule has 0 saturated carbocycles. The van der Waals surface area contributed by atoms with Gasteiger partial charge in [0.15, 0.2) is 0 Å². The van der Waals surface area contributed by atoms with E-state index in [1.54, 1.807) is 24.3 Å². The highest BCUT2D eigenvalue weighted by molar-refractivity contribution is 5.94. The summed E-state index contributed by atoms with van der Waals surface area (Å²) in [6.07, 6.45) is 1.84. The van der Waals surface area contributed by atoms with Crippen molar-refractivity contribution in [1.29, 1.82) is 0 Å². The Morgan fingerprint density at radius 1 is 1.00 bits per heavy atom. The van der Waals surface area contributed by atoms with Crippen LogP contribution in [-0.4, -0.2) is 47.3 Å². The first-order valence-corrected chi connectivity index (χ1v) is 9.04. The van der Waals surface area contributed by atoms with Crippen molar-refractivity contribution in [3.05, 3.63) is 65.2 Å². The Morgan fingerprint density at radius 3 is 2.15 bits per heavy atom. The number of carbonyl (C=O) groups is 1. The first-order chi connectivity index (χ1) is 12.5. The van der Waals surface area contributed by atoms with Gasteiger partial charge in [0.05, 0.1) is 13.2 Å². The van der Waals surface area contributed by atoms with E-state index in [9.17, 15) is 15.0 Å². The van der Waals surface area contributed by atoms with Crippen molar-refractivity contribution < 1.29 is 19.7 Å². The minimum absolute atomic E-state index is 0.0394. The van der Waals surface area contributed by atoms with Crippen LogP contribution in [0.1, 0.15) is 40.2 Å². The van der Waals surface area contributed by atoms with Crippen LogP contribution < -0.4 is 0 Å². The number of nitrogens with zero attached hydrogens (tertiary/aromatic N) is 1. The number of rotatable bonds is 3. The van der Waals surface area contributed by atoms with Gasteiger partial charge in [-0.05, 0) is 54.2 Å². The molecule has 2 aromatic rings. The summed E-state index contributed by atoms with van der Waals surface area (Å²) in [6, 6.07) is 14.6. The van der Waals surface area contributed by atoms with Gasteiger partial charge < -0.3 is 19.8 Å². The van der Waals surface area contributed by atoms with E-state index in [4.69, 9.17) is 4.74 Å². The van der Waals surface area contributed by atoms with Gasteiger partial charge in [-0.3, -0.25) is 4.79 Å². The van der Waals surface area contributed by atoms with E-state index in [0.717, 1.165) is 31.5 Å². The fraction of sp³-hybridized carbons (Fsp3) is 0.381. The molecule has 1 amide bonds. The zero-order valence-electron chi connectivity index (χ0n) is 14.6. The maximum Gasteiger partial charge on any atom is 0.253 e. The lowest BCUT2D eigenvalue weighted by molar-refractivity contribution is -0.184. The third kappa shape index (κ3) is 3.20. The van der Waals surface area contributed by atoms with Crippen LogP contribution in [0, 0.1) is 0 Å². The normalized spacial score (nSPS) is 19.8. The summed E-state index contributed by atoms with van der Waals surface area (Å²) in [5.74, 6) is 0.746. The maximum atomic E-state index is 12.7. The quantitative estimate of drug-likeness (QED) is 0.890. The van der Waals surface area contributed by atoms with Crippen molar-refractivity contribution >= 4 is 5.91 Å². The second-order valence-electron chi connectivity index (χ2n) is 7.26. The number of hydrogen-bond donors (Lipinski definition) is 2. The molecule has 0 bridgehead atoms. The average Bonchev–Trinajstić information content (AvgIpc) is 2.66. The first-order valence-electron chi connectivity index (χ1n) is 9.04. The van der Waals surface area contributed by atoms with E-state index in [1.807, 2.05) is 29.2 Å². The number of aromatic hydroxyl groups is 1. The molecule has 0 spiro atoms. The summed E-state index contributed by atoms with van der Waals surface area (Å²) < 4.78 is 5.08. The topological polar surface area (TPSA) is 70.0 Å². The molecule has 2 aliphatic rings. The van der Waals surface area contributed by atoms with Gasteiger partial charge in [-0.2, -0.15) is 0 Å². The molecule has 2 aliphatic heterocycles. The van der Waals surface area contributed by atoms with E-state index in [0.29, 0.717) is 24.7 Å². The van der Waals surface area contributed by atoms with E-state index in [-0.39, 0.29) is 11.7 Å². The summed E-state index contributed by atoms with van der Waals surface area (Å²) in [7, 11) is 0. The molecule has 2 N–H and O–H groups in total. The number of hydrogen-bond acceptors (Lipinski definition) is 4. The number of amides is 1. The third-order valence-corrected chi connectivity index (χ3v) is 5.50.